The van der Waals surface area contributed by atoms with Gasteiger partial charge in [0.25, 0.3) is 0 Å². The van der Waals surface area contributed by atoms with Crippen molar-refractivity contribution in [1.29, 1.82) is 5.26 Å². The van der Waals surface area contributed by atoms with E-state index in [4.69, 9.17) is 10.00 Å². The lowest BCUT2D eigenvalue weighted by molar-refractivity contribution is -0.150. The molecule has 26 heavy (non-hydrogen) atoms. The highest BCUT2D eigenvalue weighted by Gasteiger charge is 2.56. The number of nitriles is 1. The molecule has 4 bridgehead atoms. The van der Waals surface area contributed by atoms with Crippen LogP contribution in [0.5, 0.6) is 0 Å². The van der Waals surface area contributed by atoms with E-state index in [1.165, 1.54) is 32.1 Å². The zero-order valence-electron chi connectivity index (χ0n) is 16.0. The first-order chi connectivity index (χ1) is 12.4. The lowest BCUT2D eigenvalue weighted by Gasteiger charge is -2.61. The molecular formula is C22H31NO3. The predicted molar refractivity (Wildman–Crippen MR) is 99.0 cm³/mol. The second kappa shape index (κ2) is 7.94. The first kappa shape index (κ1) is 19.1. The van der Waals surface area contributed by atoms with E-state index in [1.807, 2.05) is 0 Å². The third-order valence-electron chi connectivity index (χ3n) is 7.06. The molecule has 0 spiro atoms. The zero-order chi connectivity index (χ0) is 18.7. The number of Topliss-reactive ketones (excluding diaryl/α,β-unsaturated/α-hetero) is 1. The number of esters is 1. The maximum Gasteiger partial charge on any atom is 0.333 e. The topological polar surface area (TPSA) is 67.2 Å². The quantitative estimate of drug-likeness (QED) is 0.344. The van der Waals surface area contributed by atoms with Gasteiger partial charge in [-0.2, -0.15) is 5.26 Å². The molecule has 0 aliphatic heterocycles. The van der Waals surface area contributed by atoms with Gasteiger partial charge in [-0.05, 0) is 81.0 Å². The summed E-state index contributed by atoms with van der Waals surface area (Å²) in [5.74, 6) is 2.71. The summed E-state index contributed by atoms with van der Waals surface area (Å²) in [5.41, 5.74) is 0.620. The van der Waals surface area contributed by atoms with E-state index in [9.17, 15) is 9.59 Å². The van der Waals surface area contributed by atoms with E-state index in [1.54, 1.807) is 6.92 Å². The van der Waals surface area contributed by atoms with Crippen molar-refractivity contribution in [3.63, 3.8) is 0 Å². The highest BCUT2D eigenvalue weighted by molar-refractivity contribution is 5.86. The number of rotatable bonds is 9. The van der Waals surface area contributed by atoms with Gasteiger partial charge in [-0.3, -0.25) is 4.79 Å². The van der Waals surface area contributed by atoms with Crippen LogP contribution in [0.15, 0.2) is 12.2 Å². The van der Waals surface area contributed by atoms with Gasteiger partial charge in [-0.25, -0.2) is 4.79 Å². The van der Waals surface area contributed by atoms with E-state index in [0.29, 0.717) is 55.5 Å². The minimum Gasteiger partial charge on any atom is -0.462 e. The molecule has 0 saturated heterocycles. The molecule has 0 N–H and O–H groups in total. The second-order valence-electron chi connectivity index (χ2n) is 9.00. The monoisotopic (exact) mass is 357 g/mol. The first-order valence-corrected chi connectivity index (χ1v) is 10.1. The lowest BCUT2D eigenvalue weighted by Crippen LogP contribution is -2.53. The van der Waals surface area contributed by atoms with Crippen LogP contribution in [0, 0.1) is 40.4 Å². The molecule has 4 nitrogen and oxygen atoms in total. The smallest absolute Gasteiger partial charge is 0.333 e. The van der Waals surface area contributed by atoms with Crippen molar-refractivity contribution < 1.29 is 14.3 Å². The minimum atomic E-state index is -0.307. The number of carbonyl (C=O) groups is 2. The predicted octanol–water partition coefficient (Wildman–Crippen LogP) is 4.59. The summed E-state index contributed by atoms with van der Waals surface area (Å²) < 4.78 is 5.42. The van der Waals surface area contributed by atoms with Crippen LogP contribution in [-0.4, -0.2) is 18.4 Å². The van der Waals surface area contributed by atoms with E-state index >= 15 is 0 Å². The molecule has 0 heterocycles. The molecule has 4 saturated carbocycles. The summed E-state index contributed by atoms with van der Waals surface area (Å²) in [6.45, 7) is 5.77. The third kappa shape index (κ3) is 4.03. The molecule has 142 valence electrons. The van der Waals surface area contributed by atoms with Gasteiger partial charge in [-0.1, -0.05) is 6.58 Å². The number of hydrogen-bond donors (Lipinski definition) is 0. The van der Waals surface area contributed by atoms with Crippen molar-refractivity contribution in [3.05, 3.63) is 12.2 Å². The lowest BCUT2D eigenvalue weighted by atomic mass is 9.43. The van der Waals surface area contributed by atoms with Crippen LogP contribution in [0.25, 0.3) is 0 Å². The summed E-state index contributed by atoms with van der Waals surface area (Å²) in [4.78, 5) is 24.2. The molecule has 3 unspecified atom stereocenters. The van der Waals surface area contributed by atoms with Gasteiger partial charge in [-0.15, -0.1) is 0 Å². The second-order valence-corrected chi connectivity index (χ2v) is 9.00. The van der Waals surface area contributed by atoms with Crippen molar-refractivity contribution in [2.24, 2.45) is 29.1 Å². The molecule has 4 rings (SSSR count). The first-order valence-electron chi connectivity index (χ1n) is 10.1. The molecular weight excluding hydrogens is 326 g/mol. The Morgan fingerprint density at radius 1 is 1.23 bits per heavy atom. The average Bonchev–Trinajstić information content (AvgIpc) is 2.57. The van der Waals surface area contributed by atoms with Gasteiger partial charge < -0.3 is 4.74 Å². The largest absolute Gasteiger partial charge is 0.462 e. The van der Waals surface area contributed by atoms with Crippen LogP contribution in [0.2, 0.25) is 0 Å². The molecule has 3 atom stereocenters. The van der Waals surface area contributed by atoms with Gasteiger partial charge in [0.15, 0.2) is 0 Å². The Kier molecular flexibility index (Phi) is 5.85. The zero-order valence-corrected chi connectivity index (χ0v) is 16.0. The molecule has 0 aromatic carbocycles. The Morgan fingerprint density at radius 3 is 2.54 bits per heavy atom. The maximum atomic E-state index is 12.5. The molecule has 4 heteroatoms. The summed E-state index contributed by atoms with van der Waals surface area (Å²) in [6, 6.07) is 2.13. The van der Waals surface area contributed by atoms with Crippen LogP contribution < -0.4 is 0 Å². The Bertz CT molecular complexity index is 603. The molecule has 0 radical (unpaired) electrons. The van der Waals surface area contributed by atoms with Crippen LogP contribution in [0.4, 0.5) is 0 Å². The molecule has 4 fully saturated rings. The standard InChI is InChI=1S/C22H31NO3/c1-15(2)21(25)26-8-6-22-13-16-9-17(14-22)11-18(10-16)20(22)12-19(24)5-3-4-7-23/h16-18,20H,1,3-6,8-14H2,2H3. The van der Waals surface area contributed by atoms with Crippen molar-refractivity contribution in [3.8, 4) is 6.07 Å². The van der Waals surface area contributed by atoms with Crippen LogP contribution in [0.3, 0.4) is 0 Å². The maximum absolute atomic E-state index is 12.5. The van der Waals surface area contributed by atoms with E-state index in [2.05, 4.69) is 12.6 Å². The van der Waals surface area contributed by atoms with Crippen LogP contribution in [-0.2, 0) is 14.3 Å². The third-order valence-corrected chi connectivity index (χ3v) is 7.06. The number of ether oxygens (including phenoxy) is 1. The van der Waals surface area contributed by atoms with Crippen LogP contribution >= 0.6 is 0 Å². The number of nitrogens with zero attached hydrogens (tertiary/aromatic N) is 1. The molecule has 4 aliphatic rings. The molecule has 0 amide bonds. The fourth-order valence-corrected chi connectivity index (χ4v) is 6.27. The number of ketones is 1. The van der Waals surface area contributed by atoms with Crippen molar-refractivity contribution >= 4 is 11.8 Å². The highest BCUT2D eigenvalue weighted by atomic mass is 16.5. The Labute approximate surface area is 157 Å². The fraction of sp³-hybridized carbons (Fsp3) is 0.773. The van der Waals surface area contributed by atoms with Crippen molar-refractivity contribution in [2.75, 3.05) is 6.61 Å². The van der Waals surface area contributed by atoms with Crippen LogP contribution in [0.1, 0.15) is 71.1 Å². The fourth-order valence-electron chi connectivity index (χ4n) is 6.27. The van der Waals surface area contributed by atoms with E-state index in [0.717, 1.165) is 18.3 Å². The van der Waals surface area contributed by atoms with Gasteiger partial charge in [0.2, 0.25) is 0 Å². The van der Waals surface area contributed by atoms with Gasteiger partial charge in [0.05, 0.1) is 12.7 Å². The van der Waals surface area contributed by atoms with Crippen molar-refractivity contribution in [1.82, 2.24) is 0 Å². The average molecular weight is 357 g/mol. The number of carbonyl (C=O) groups excluding carboxylic acids is 2. The summed E-state index contributed by atoms with van der Waals surface area (Å²) in [6.07, 6.45) is 9.52. The Hall–Kier alpha value is -1.63. The summed E-state index contributed by atoms with van der Waals surface area (Å²) >= 11 is 0. The van der Waals surface area contributed by atoms with Gasteiger partial charge in [0, 0.05) is 24.8 Å². The van der Waals surface area contributed by atoms with Gasteiger partial charge in [0.1, 0.15) is 5.78 Å². The van der Waals surface area contributed by atoms with Gasteiger partial charge >= 0.3 is 5.97 Å². The van der Waals surface area contributed by atoms with Crippen molar-refractivity contribution in [2.45, 2.75) is 71.1 Å². The Balaban J connectivity index is 1.65. The SMILES string of the molecule is C=C(C)C(=O)OCCC12CC3CC(CC(C3)C1CC(=O)CCCC#N)C2. The highest BCUT2D eigenvalue weighted by Crippen LogP contribution is 2.65. The number of hydrogen-bond acceptors (Lipinski definition) is 4. The number of unbranched alkanes of at least 4 members (excludes halogenated alkanes) is 1. The summed E-state index contributed by atoms with van der Waals surface area (Å²) in [5, 5.41) is 8.68. The normalized spacial score (nSPS) is 34.3. The molecule has 0 aromatic rings. The Morgan fingerprint density at radius 2 is 1.92 bits per heavy atom. The molecule has 4 aliphatic carbocycles. The summed E-state index contributed by atoms with van der Waals surface area (Å²) in [7, 11) is 0. The minimum absolute atomic E-state index is 0.176. The van der Waals surface area contributed by atoms with E-state index in [-0.39, 0.29) is 11.4 Å². The molecule has 0 aromatic heterocycles. The van der Waals surface area contributed by atoms with E-state index < -0.39 is 0 Å².